The fourth-order valence-corrected chi connectivity index (χ4v) is 3.48. The van der Waals surface area contributed by atoms with Crippen molar-refractivity contribution in [2.24, 2.45) is 0 Å². The van der Waals surface area contributed by atoms with E-state index in [-0.39, 0.29) is 30.8 Å². The van der Waals surface area contributed by atoms with E-state index in [0.29, 0.717) is 23.1 Å². The van der Waals surface area contributed by atoms with Crippen molar-refractivity contribution in [2.75, 3.05) is 6.61 Å². The molecule has 31 heavy (non-hydrogen) atoms. The second kappa shape index (κ2) is 12.0. The molecule has 1 atom stereocenters. The summed E-state index contributed by atoms with van der Waals surface area (Å²) in [5.41, 5.74) is 1.90. The number of carbonyl (C=O) groups excluding carboxylic acids is 2. The quantitative estimate of drug-likeness (QED) is 0.478. The van der Waals surface area contributed by atoms with Gasteiger partial charge in [0, 0.05) is 29.1 Å². The number of hydrogen-bond acceptors (Lipinski definition) is 3. The van der Waals surface area contributed by atoms with Gasteiger partial charge in [0.1, 0.15) is 11.8 Å². The standard InChI is InChI=1S/C24H30Cl2N2O3/c1-16(2)27-24(30)18(4)28(15-19-9-10-20(25)14-22(19)26)23(29)6-5-13-31-21-11-7-17(3)8-12-21/h7-12,14,16,18H,5-6,13,15H2,1-4H3,(H,27,30)/t18-/m1/s1. The fraction of sp³-hybridized carbons (Fsp3) is 0.417. The predicted octanol–water partition coefficient (Wildman–Crippen LogP) is 5.40. The molecule has 168 valence electrons. The van der Waals surface area contributed by atoms with Gasteiger partial charge in [-0.2, -0.15) is 0 Å². The van der Waals surface area contributed by atoms with E-state index >= 15 is 0 Å². The Balaban J connectivity index is 2.04. The van der Waals surface area contributed by atoms with Crippen molar-refractivity contribution < 1.29 is 14.3 Å². The van der Waals surface area contributed by atoms with Crippen LogP contribution in [0.4, 0.5) is 0 Å². The van der Waals surface area contributed by atoms with Crippen molar-refractivity contribution >= 4 is 35.0 Å². The number of nitrogens with zero attached hydrogens (tertiary/aromatic N) is 1. The van der Waals surface area contributed by atoms with Crippen LogP contribution in [0.5, 0.6) is 5.75 Å². The minimum atomic E-state index is -0.639. The highest BCUT2D eigenvalue weighted by Crippen LogP contribution is 2.23. The van der Waals surface area contributed by atoms with E-state index in [2.05, 4.69) is 5.32 Å². The number of halogens is 2. The molecule has 0 aliphatic rings. The van der Waals surface area contributed by atoms with E-state index in [1.165, 1.54) is 0 Å². The predicted molar refractivity (Wildman–Crippen MR) is 126 cm³/mol. The maximum absolute atomic E-state index is 13.0. The Hall–Kier alpha value is -2.24. The third-order valence-corrected chi connectivity index (χ3v) is 5.37. The molecule has 0 aliphatic carbocycles. The van der Waals surface area contributed by atoms with Gasteiger partial charge in [-0.3, -0.25) is 9.59 Å². The lowest BCUT2D eigenvalue weighted by Gasteiger charge is -2.29. The lowest BCUT2D eigenvalue weighted by Crippen LogP contribution is -2.49. The van der Waals surface area contributed by atoms with Crippen molar-refractivity contribution in [3.05, 3.63) is 63.6 Å². The first-order valence-electron chi connectivity index (χ1n) is 10.4. The van der Waals surface area contributed by atoms with E-state index in [0.717, 1.165) is 16.9 Å². The normalized spacial score (nSPS) is 11.8. The summed E-state index contributed by atoms with van der Waals surface area (Å²) in [6, 6.07) is 12.2. The number of benzene rings is 2. The van der Waals surface area contributed by atoms with Gasteiger partial charge in [0.2, 0.25) is 11.8 Å². The molecule has 0 unspecified atom stereocenters. The third kappa shape index (κ3) is 8.08. The molecule has 0 spiro atoms. The molecule has 0 aromatic heterocycles. The van der Waals surface area contributed by atoms with Crippen molar-refractivity contribution in [1.29, 1.82) is 0 Å². The SMILES string of the molecule is Cc1ccc(OCCCC(=O)N(Cc2ccc(Cl)cc2Cl)[C@H](C)C(=O)NC(C)C)cc1. The van der Waals surface area contributed by atoms with Gasteiger partial charge in [-0.05, 0) is 63.9 Å². The molecule has 0 heterocycles. The van der Waals surface area contributed by atoms with E-state index < -0.39 is 6.04 Å². The number of ether oxygens (including phenoxy) is 1. The van der Waals surface area contributed by atoms with Crippen LogP contribution in [0.1, 0.15) is 44.7 Å². The summed E-state index contributed by atoms with van der Waals surface area (Å²) in [6.45, 7) is 8.14. The van der Waals surface area contributed by atoms with E-state index in [9.17, 15) is 9.59 Å². The average molecular weight is 465 g/mol. The Labute approximate surface area is 194 Å². The molecular formula is C24H30Cl2N2O3. The van der Waals surface area contributed by atoms with Gasteiger partial charge in [-0.15, -0.1) is 0 Å². The van der Waals surface area contributed by atoms with Crippen molar-refractivity contribution in [1.82, 2.24) is 10.2 Å². The average Bonchev–Trinajstić information content (AvgIpc) is 2.71. The molecule has 1 N–H and O–H groups in total. The molecular weight excluding hydrogens is 435 g/mol. The summed E-state index contributed by atoms with van der Waals surface area (Å²) in [5.74, 6) is 0.432. The van der Waals surface area contributed by atoms with Gasteiger partial charge in [0.25, 0.3) is 0 Å². The van der Waals surface area contributed by atoms with Crippen LogP contribution in [0.2, 0.25) is 10.0 Å². The van der Waals surface area contributed by atoms with Gasteiger partial charge in [-0.25, -0.2) is 0 Å². The minimum absolute atomic E-state index is 0.0195. The maximum Gasteiger partial charge on any atom is 0.242 e. The summed E-state index contributed by atoms with van der Waals surface area (Å²) in [5, 5.41) is 3.85. The Morgan fingerprint density at radius 3 is 2.35 bits per heavy atom. The minimum Gasteiger partial charge on any atom is -0.494 e. The zero-order chi connectivity index (χ0) is 23.0. The molecule has 0 aliphatic heterocycles. The van der Waals surface area contributed by atoms with Gasteiger partial charge < -0.3 is 15.0 Å². The Bertz CT molecular complexity index is 885. The fourth-order valence-electron chi connectivity index (χ4n) is 3.01. The molecule has 0 bridgehead atoms. The largest absolute Gasteiger partial charge is 0.494 e. The Morgan fingerprint density at radius 2 is 1.74 bits per heavy atom. The van der Waals surface area contributed by atoms with Crippen LogP contribution in [0, 0.1) is 6.92 Å². The molecule has 2 amide bonds. The van der Waals surface area contributed by atoms with Crippen LogP contribution in [0.25, 0.3) is 0 Å². The van der Waals surface area contributed by atoms with Gasteiger partial charge in [0.15, 0.2) is 0 Å². The second-order valence-electron chi connectivity index (χ2n) is 7.86. The van der Waals surface area contributed by atoms with Crippen LogP contribution in [0.15, 0.2) is 42.5 Å². The van der Waals surface area contributed by atoms with E-state index in [1.54, 1.807) is 30.0 Å². The van der Waals surface area contributed by atoms with Crippen LogP contribution in [-0.2, 0) is 16.1 Å². The van der Waals surface area contributed by atoms with Crippen molar-refractivity contribution in [2.45, 2.75) is 59.2 Å². The first-order chi connectivity index (χ1) is 14.7. The summed E-state index contributed by atoms with van der Waals surface area (Å²) < 4.78 is 5.72. The summed E-state index contributed by atoms with van der Waals surface area (Å²) >= 11 is 12.3. The first kappa shape index (κ1) is 25.0. The maximum atomic E-state index is 13.0. The molecule has 2 aromatic rings. The topological polar surface area (TPSA) is 58.6 Å². The van der Waals surface area contributed by atoms with Crippen LogP contribution in [0.3, 0.4) is 0 Å². The van der Waals surface area contributed by atoms with E-state index in [4.69, 9.17) is 27.9 Å². The summed E-state index contributed by atoms with van der Waals surface area (Å²) in [4.78, 5) is 27.2. The van der Waals surface area contributed by atoms with Gasteiger partial charge in [0.05, 0.1) is 6.61 Å². The lowest BCUT2D eigenvalue weighted by atomic mass is 10.1. The number of carbonyl (C=O) groups is 2. The molecule has 7 heteroatoms. The van der Waals surface area contributed by atoms with Gasteiger partial charge in [-0.1, -0.05) is 47.0 Å². The smallest absolute Gasteiger partial charge is 0.242 e. The highest BCUT2D eigenvalue weighted by atomic mass is 35.5. The van der Waals surface area contributed by atoms with Gasteiger partial charge >= 0.3 is 0 Å². The number of nitrogens with one attached hydrogen (secondary N) is 1. The summed E-state index contributed by atoms with van der Waals surface area (Å²) in [6.07, 6.45) is 0.798. The van der Waals surface area contributed by atoms with Crippen LogP contribution >= 0.6 is 23.2 Å². The lowest BCUT2D eigenvalue weighted by molar-refractivity contribution is -0.141. The number of amides is 2. The zero-order valence-corrected chi connectivity index (χ0v) is 20.0. The monoisotopic (exact) mass is 464 g/mol. The first-order valence-corrected chi connectivity index (χ1v) is 11.2. The molecule has 2 rings (SSSR count). The molecule has 0 saturated carbocycles. The Morgan fingerprint density at radius 1 is 1.06 bits per heavy atom. The number of aryl methyl sites for hydroxylation is 1. The Kier molecular flexibility index (Phi) is 9.66. The highest BCUT2D eigenvalue weighted by Gasteiger charge is 2.26. The third-order valence-electron chi connectivity index (χ3n) is 4.78. The molecule has 0 saturated heterocycles. The molecule has 0 fully saturated rings. The number of rotatable bonds is 10. The van der Waals surface area contributed by atoms with Crippen molar-refractivity contribution in [3.63, 3.8) is 0 Å². The zero-order valence-electron chi connectivity index (χ0n) is 18.5. The molecule has 5 nitrogen and oxygen atoms in total. The van der Waals surface area contributed by atoms with Crippen LogP contribution < -0.4 is 10.1 Å². The summed E-state index contributed by atoms with van der Waals surface area (Å²) in [7, 11) is 0. The molecule has 0 radical (unpaired) electrons. The van der Waals surface area contributed by atoms with E-state index in [1.807, 2.05) is 45.0 Å². The second-order valence-corrected chi connectivity index (χ2v) is 8.71. The molecule has 2 aromatic carbocycles. The number of hydrogen-bond donors (Lipinski definition) is 1. The van der Waals surface area contributed by atoms with Crippen LogP contribution in [-0.4, -0.2) is 35.4 Å². The highest BCUT2D eigenvalue weighted by molar-refractivity contribution is 6.35. The van der Waals surface area contributed by atoms with Crippen molar-refractivity contribution in [3.8, 4) is 5.75 Å².